The van der Waals surface area contributed by atoms with Crippen LogP contribution in [0.5, 0.6) is 11.5 Å². The van der Waals surface area contributed by atoms with Gasteiger partial charge in [-0.15, -0.1) is 0 Å². The standard InChI is InChI=1S/C18H13NO5S/c19-9-18(10-20)16(12-6-7-14-15(8-12)24-11-23-14)17(18)25(21,22)13-4-2-1-3-5-13/h1-8,10,16-17H,11H2/t16-,17-,18-/m0/s1. The summed E-state index contributed by atoms with van der Waals surface area (Å²) in [7, 11) is -3.83. The molecular weight excluding hydrogens is 342 g/mol. The van der Waals surface area contributed by atoms with Gasteiger partial charge in [0.15, 0.2) is 21.3 Å². The van der Waals surface area contributed by atoms with Gasteiger partial charge in [0.2, 0.25) is 6.79 Å². The number of hydrogen-bond acceptors (Lipinski definition) is 6. The number of nitriles is 1. The van der Waals surface area contributed by atoms with E-state index in [2.05, 4.69) is 0 Å². The molecule has 6 nitrogen and oxygen atoms in total. The zero-order chi connectivity index (χ0) is 17.7. The summed E-state index contributed by atoms with van der Waals surface area (Å²) < 4.78 is 36.5. The maximum Gasteiger partial charge on any atom is 0.231 e. The molecule has 1 fully saturated rings. The lowest BCUT2D eigenvalue weighted by molar-refractivity contribution is -0.110. The Labute approximate surface area is 144 Å². The summed E-state index contributed by atoms with van der Waals surface area (Å²) in [5.41, 5.74) is -1.02. The van der Waals surface area contributed by atoms with Gasteiger partial charge in [-0.2, -0.15) is 5.26 Å². The first-order valence-electron chi connectivity index (χ1n) is 7.60. The van der Waals surface area contributed by atoms with Crippen molar-refractivity contribution in [3.8, 4) is 17.6 Å². The Hall–Kier alpha value is -2.85. The SMILES string of the molecule is N#C[C@]1(C=O)[C@@H](c2ccc3c(c2)OCO3)[C@@H]1S(=O)(=O)c1ccccc1. The maximum atomic E-state index is 13.0. The lowest BCUT2D eigenvalue weighted by atomic mass is 10.0. The highest BCUT2D eigenvalue weighted by Gasteiger charge is 2.72. The molecule has 2 aromatic rings. The van der Waals surface area contributed by atoms with Crippen molar-refractivity contribution >= 4 is 16.1 Å². The van der Waals surface area contributed by atoms with Crippen molar-refractivity contribution in [2.24, 2.45) is 5.41 Å². The van der Waals surface area contributed by atoms with Crippen LogP contribution in [0.3, 0.4) is 0 Å². The highest BCUT2D eigenvalue weighted by atomic mass is 32.2. The van der Waals surface area contributed by atoms with Gasteiger partial charge in [-0.3, -0.25) is 0 Å². The Bertz CT molecular complexity index is 996. The van der Waals surface area contributed by atoms with E-state index in [1.807, 2.05) is 6.07 Å². The Morgan fingerprint density at radius 1 is 1.12 bits per heavy atom. The fraction of sp³-hybridized carbons (Fsp3) is 0.222. The molecular formula is C18H13NO5S. The van der Waals surface area contributed by atoms with Crippen molar-refractivity contribution in [1.82, 2.24) is 0 Å². The summed E-state index contributed by atoms with van der Waals surface area (Å²) in [6.07, 6.45) is 0.452. The minimum Gasteiger partial charge on any atom is -0.454 e. The molecule has 0 saturated heterocycles. The summed E-state index contributed by atoms with van der Waals surface area (Å²) in [5, 5.41) is 8.44. The van der Waals surface area contributed by atoms with Crippen LogP contribution in [0.2, 0.25) is 0 Å². The highest BCUT2D eigenvalue weighted by Crippen LogP contribution is 2.63. The van der Waals surface area contributed by atoms with Gasteiger partial charge in [-0.1, -0.05) is 24.3 Å². The van der Waals surface area contributed by atoms with Crippen LogP contribution in [-0.4, -0.2) is 26.7 Å². The van der Waals surface area contributed by atoms with E-state index in [4.69, 9.17) is 9.47 Å². The predicted octanol–water partition coefficient (Wildman–Crippen LogP) is 2.06. The molecule has 0 bridgehead atoms. The molecule has 7 heteroatoms. The Morgan fingerprint density at radius 2 is 1.84 bits per heavy atom. The normalized spacial score (nSPS) is 26.7. The third-order valence-corrected chi connectivity index (χ3v) is 6.99. The number of aldehydes is 1. The second-order valence-electron chi connectivity index (χ2n) is 6.03. The van der Waals surface area contributed by atoms with Crippen LogP contribution in [-0.2, 0) is 14.6 Å². The van der Waals surface area contributed by atoms with Gasteiger partial charge in [-0.05, 0) is 29.8 Å². The number of rotatable bonds is 4. The highest BCUT2D eigenvalue weighted by molar-refractivity contribution is 7.92. The first kappa shape index (κ1) is 15.7. The number of fused-ring (bicyclic) bond motifs is 1. The minimum atomic E-state index is -3.83. The van der Waals surface area contributed by atoms with Crippen LogP contribution >= 0.6 is 0 Å². The molecule has 0 spiro atoms. The quantitative estimate of drug-likeness (QED) is 0.780. The van der Waals surface area contributed by atoms with E-state index in [0.717, 1.165) is 0 Å². The smallest absolute Gasteiger partial charge is 0.231 e. The number of carbonyl (C=O) groups excluding carboxylic acids is 1. The second kappa shape index (κ2) is 5.33. The zero-order valence-electron chi connectivity index (χ0n) is 13.0. The summed E-state index contributed by atoms with van der Waals surface area (Å²) in [6, 6.07) is 14.8. The van der Waals surface area contributed by atoms with Gasteiger partial charge in [0.05, 0.1) is 11.0 Å². The van der Waals surface area contributed by atoms with E-state index in [1.165, 1.54) is 12.1 Å². The molecule has 2 aromatic carbocycles. The Morgan fingerprint density at radius 3 is 2.52 bits per heavy atom. The maximum absolute atomic E-state index is 13.0. The largest absolute Gasteiger partial charge is 0.454 e. The summed E-state index contributed by atoms with van der Waals surface area (Å²) in [6.45, 7) is 0.0896. The van der Waals surface area contributed by atoms with E-state index in [0.29, 0.717) is 23.3 Å². The fourth-order valence-electron chi connectivity index (χ4n) is 3.42. The number of hydrogen-bond donors (Lipinski definition) is 0. The molecule has 25 heavy (non-hydrogen) atoms. The van der Waals surface area contributed by atoms with Crippen molar-refractivity contribution in [3.05, 3.63) is 54.1 Å². The van der Waals surface area contributed by atoms with Crippen molar-refractivity contribution in [1.29, 1.82) is 5.26 Å². The molecule has 0 unspecified atom stereocenters. The average Bonchev–Trinajstić information content (AvgIpc) is 3.12. The third-order valence-electron chi connectivity index (χ3n) is 4.73. The molecule has 0 amide bonds. The van der Waals surface area contributed by atoms with Crippen LogP contribution in [0, 0.1) is 16.7 Å². The first-order chi connectivity index (χ1) is 12.0. The van der Waals surface area contributed by atoms with Crippen molar-refractivity contribution in [3.63, 3.8) is 0 Å². The van der Waals surface area contributed by atoms with Crippen LogP contribution in [0.15, 0.2) is 53.4 Å². The summed E-state index contributed by atoms with van der Waals surface area (Å²) >= 11 is 0. The molecule has 0 aromatic heterocycles. The van der Waals surface area contributed by atoms with Crippen LogP contribution in [0.4, 0.5) is 0 Å². The van der Waals surface area contributed by atoms with Gasteiger partial charge < -0.3 is 14.3 Å². The molecule has 3 atom stereocenters. The van der Waals surface area contributed by atoms with Crippen LogP contribution < -0.4 is 9.47 Å². The number of benzene rings is 2. The van der Waals surface area contributed by atoms with E-state index in [1.54, 1.807) is 36.4 Å². The molecule has 2 aliphatic rings. The average molecular weight is 355 g/mol. The number of ether oxygens (including phenoxy) is 2. The van der Waals surface area contributed by atoms with Gasteiger partial charge in [0.1, 0.15) is 17.0 Å². The fourth-order valence-corrected chi connectivity index (χ4v) is 5.68. The topological polar surface area (TPSA) is 93.5 Å². The molecule has 4 rings (SSSR count). The number of sulfone groups is 1. The van der Waals surface area contributed by atoms with Crippen molar-refractivity contribution in [2.75, 3.05) is 6.79 Å². The second-order valence-corrected chi connectivity index (χ2v) is 8.10. The molecule has 1 aliphatic carbocycles. The van der Waals surface area contributed by atoms with Gasteiger partial charge in [-0.25, -0.2) is 8.42 Å². The first-order valence-corrected chi connectivity index (χ1v) is 9.15. The monoisotopic (exact) mass is 355 g/mol. The van der Waals surface area contributed by atoms with Crippen LogP contribution in [0.1, 0.15) is 11.5 Å². The van der Waals surface area contributed by atoms with E-state index in [-0.39, 0.29) is 11.7 Å². The summed E-state index contributed by atoms with van der Waals surface area (Å²) in [4.78, 5) is 11.8. The molecule has 126 valence electrons. The van der Waals surface area contributed by atoms with Crippen molar-refractivity contribution < 1.29 is 22.7 Å². The third kappa shape index (κ3) is 2.14. The lowest BCUT2D eigenvalue weighted by Crippen LogP contribution is -2.16. The summed E-state index contributed by atoms with van der Waals surface area (Å²) in [5.74, 6) is 0.299. The lowest BCUT2D eigenvalue weighted by Gasteiger charge is -2.04. The zero-order valence-corrected chi connectivity index (χ0v) is 13.8. The number of carbonyl (C=O) groups is 1. The Kier molecular flexibility index (Phi) is 3.34. The van der Waals surface area contributed by atoms with Crippen LogP contribution in [0.25, 0.3) is 0 Å². The van der Waals surface area contributed by atoms with E-state index in [9.17, 15) is 18.5 Å². The minimum absolute atomic E-state index is 0.0896. The molecule has 0 N–H and O–H groups in total. The van der Waals surface area contributed by atoms with Gasteiger partial charge in [0, 0.05) is 5.92 Å². The van der Waals surface area contributed by atoms with Gasteiger partial charge >= 0.3 is 0 Å². The molecule has 1 aliphatic heterocycles. The molecule has 1 saturated carbocycles. The molecule has 0 radical (unpaired) electrons. The van der Waals surface area contributed by atoms with Gasteiger partial charge in [0.25, 0.3) is 0 Å². The van der Waals surface area contributed by atoms with E-state index < -0.39 is 26.4 Å². The number of nitrogens with zero attached hydrogens (tertiary/aromatic N) is 1. The molecule has 1 heterocycles. The Balaban J connectivity index is 1.80. The predicted molar refractivity (Wildman–Crippen MR) is 86.8 cm³/mol. The van der Waals surface area contributed by atoms with E-state index >= 15 is 0 Å². The van der Waals surface area contributed by atoms with Crippen molar-refractivity contribution in [2.45, 2.75) is 16.1 Å².